The van der Waals surface area contributed by atoms with E-state index in [9.17, 15) is 9.59 Å². The standard InChI is InChI=1S/C9H11NO4.C6H8N2/c1-9(8(13)14)3-5(7(11)12)2-6(10)4-9;1-2-5(1)6-3-4-7-8-6/h2,4H,3,10H2,1H3,(H,11,12)(H,13,14);3-5H,1-2H2,(H,7,8). The number of H-pyrrole nitrogens is 1. The number of aliphatic carboxylic acids is 2. The summed E-state index contributed by atoms with van der Waals surface area (Å²) in [6.45, 7) is 1.44. The van der Waals surface area contributed by atoms with Crippen molar-refractivity contribution in [2.75, 3.05) is 0 Å². The zero-order valence-corrected chi connectivity index (χ0v) is 12.2. The number of allylic oxidation sites excluding steroid dienone is 1. The number of nitrogens with two attached hydrogens (primary N) is 1. The molecule has 1 atom stereocenters. The predicted octanol–water partition coefficient (Wildman–Crippen LogP) is 1.62. The van der Waals surface area contributed by atoms with Crippen LogP contribution in [0.25, 0.3) is 0 Å². The molecular formula is C15H19N3O4. The van der Waals surface area contributed by atoms with E-state index >= 15 is 0 Å². The molecule has 1 aromatic rings. The molecule has 7 nitrogen and oxygen atoms in total. The average molecular weight is 305 g/mol. The third-order valence-corrected chi connectivity index (χ3v) is 3.69. The number of aromatic amines is 1. The number of hydrogen-bond acceptors (Lipinski definition) is 4. The first kappa shape index (κ1) is 15.8. The maximum atomic E-state index is 10.9. The molecular weight excluding hydrogens is 286 g/mol. The molecule has 0 amide bonds. The van der Waals surface area contributed by atoms with E-state index in [4.69, 9.17) is 15.9 Å². The predicted molar refractivity (Wildman–Crippen MR) is 78.9 cm³/mol. The summed E-state index contributed by atoms with van der Waals surface area (Å²) in [5, 5.41) is 24.4. The van der Waals surface area contributed by atoms with Gasteiger partial charge in [-0.2, -0.15) is 5.10 Å². The van der Waals surface area contributed by atoms with Crippen LogP contribution in [0, 0.1) is 5.41 Å². The van der Waals surface area contributed by atoms with Crippen molar-refractivity contribution in [2.24, 2.45) is 11.1 Å². The molecule has 1 fully saturated rings. The highest BCUT2D eigenvalue weighted by Crippen LogP contribution is 2.38. The highest BCUT2D eigenvalue weighted by molar-refractivity contribution is 5.90. The van der Waals surface area contributed by atoms with Gasteiger partial charge in [-0.3, -0.25) is 9.89 Å². The smallest absolute Gasteiger partial charge is 0.331 e. The summed E-state index contributed by atoms with van der Waals surface area (Å²) in [6, 6.07) is 2.05. The van der Waals surface area contributed by atoms with E-state index in [0.29, 0.717) is 0 Å². The van der Waals surface area contributed by atoms with Crippen molar-refractivity contribution < 1.29 is 19.8 Å². The number of rotatable bonds is 3. The summed E-state index contributed by atoms with van der Waals surface area (Å²) < 4.78 is 0. The van der Waals surface area contributed by atoms with Crippen molar-refractivity contribution in [3.8, 4) is 0 Å². The first-order chi connectivity index (χ1) is 10.3. The van der Waals surface area contributed by atoms with Crippen molar-refractivity contribution in [2.45, 2.75) is 32.1 Å². The van der Waals surface area contributed by atoms with Gasteiger partial charge in [0.1, 0.15) is 0 Å². The second-order valence-electron chi connectivity index (χ2n) is 5.80. The molecule has 3 rings (SSSR count). The van der Waals surface area contributed by atoms with Crippen LogP contribution in [0.5, 0.6) is 0 Å². The molecule has 0 radical (unpaired) electrons. The van der Waals surface area contributed by atoms with Gasteiger partial charge in [0.15, 0.2) is 0 Å². The number of carboxylic acid groups (broad SMARTS) is 2. The van der Waals surface area contributed by atoms with E-state index in [1.165, 1.54) is 37.6 Å². The van der Waals surface area contributed by atoms with Gasteiger partial charge in [0.2, 0.25) is 0 Å². The zero-order valence-electron chi connectivity index (χ0n) is 12.2. The van der Waals surface area contributed by atoms with Gasteiger partial charge in [-0.15, -0.1) is 0 Å². The van der Waals surface area contributed by atoms with Crippen molar-refractivity contribution in [1.29, 1.82) is 0 Å². The average Bonchev–Trinajstić information content (AvgIpc) is 3.14. The highest BCUT2D eigenvalue weighted by Gasteiger charge is 2.36. The Labute approximate surface area is 127 Å². The van der Waals surface area contributed by atoms with Crippen LogP contribution in [0.1, 0.15) is 37.8 Å². The number of carboxylic acids is 2. The maximum absolute atomic E-state index is 10.9. The topological polar surface area (TPSA) is 129 Å². The summed E-state index contributed by atoms with van der Waals surface area (Å²) in [5.74, 6) is -1.39. The minimum Gasteiger partial charge on any atom is -0.481 e. The van der Waals surface area contributed by atoms with E-state index < -0.39 is 17.4 Å². The largest absolute Gasteiger partial charge is 0.481 e. The SMILES string of the molecule is CC1(C(=O)O)C=C(N)C=C(C(=O)O)C1.c1cc(C2CC2)[nH]n1. The number of hydrogen-bond donors (Lipinski definition) is 4. The van der Waals surface area contributed by atoms with Gasteiger partial charge in [-0.1, -0.05) is 0 Å². The van der Waals surface area contributed by atoms with Gasteiger partial charge in [-0.25, -0.2) is 4.79 Å². The Morgan fingerprint density at radius 2 is 2.09 bits per heavy atom. The van der Waals surface area contributed by atoms with E-state index in [0.717, 1.165) is 5.92 Å². The fourth-order valence-corrected chi connectivity index (χ4v) is 2.27. The summed E-state index contributed by atoms with van der Waals surface area (Å²) in [7, 11) is 0. The summed E-state index contributed by atoms with van der Waals surface area (Å²) in [6.07, 6.45) is 7.12. The Balaban J connectivity index is 0.000000183. The monoisotopic (exact) mass is 305 g/mol. The molecule has 5 N–H and O–H groups in total. The van der Waals surface area contributed by atoms with Crippen LogP contribution in [0.2, 0.25) is 0 Å². The van der Waals surface area contributed by atoms with Gasteiger partial charge >= 0.3 is 11.9 Å². The number of aromatic nitrogens is 2. The molecule has 0 spiro atoms. The van der Waals surface area contributed by atoms with Gasteiger partial charge in [0.25, 0.3) is 0 Å². The zero-order chi connectivity index (χ0) is 16.3. The molecule has 0 bridgehead atoms. The Kier molecular flexibility index (Phi) is 4.35. The third kappa shape index (κ3) is 3.75. The fraction of sp³-hybridized carbons (Fsp3) is 0.400. The molecule has 7 heteroatoms. The Morgan fingerprint density at radius 1 is 1.41 bits per heavy atom. The van der Waals surface area contributed by atoms with Crippen LogP contribution in [0.3, 0.4) is 0 Å². The minimum absolute atomic E-state index is 0.0231. The molecule has 22 heavy (non-hydrogen) atoms. The highest BCUT2D eigenvalue weighted by atomic mass is 16.4. The van der Waals surface area contributed by atoms with E-state index in [1.54, 1.807) is 0 Å². The lowest BCUT2D eigenvalue weighted by Gasteiger charge is -2.24. The molecule has 1 aromatic heterocycles. The maximum Gasteiger partial charge on any atom is 0.331 e. The van der Waals surface area contributed by atoms with E-state index in [2.05, 4.69) is 16.3 Å². The summed E-state index contributed by atoms with van der Waals surface area (Å²) >= 11 is 0. The molecule has 1 saturated carbocycles. The Morgan fingerprint density at radius 3 is 2.55 bits per heavy atom. The molecule has 118 valence electrons. The molecule has 0 saturated heterocycles. The normalized spacial score (nSPS) is 23.7. The fourth-order valence-electron chi connectivity index (χ4n) is 2.27. The second-order valence-corrected chi connectivity index (χ2v) is 5.80. The third-order valence-electron chi connectivity index (χ3n) is 3.69. The Hall–Kier alpha value is -2.57. The van der Waals surface area contributed by atoms with Crippen molar-refractivity contribution in [1.82, 2.24) is 10.2 Å². The quantitative estimate of drug-likeness (QED) is 0.671. The van der Waals surface area contributed by atoms with Crippen LogP contribution in [0.15, 0.2) is 35.7 Å². The van der Waals surface area contributed by atoms with Crippen molar-refractivity contribution >= 4 is 11.9 Å². The van der Waals surface area contributed by atoms with Gasteiger partial charge in [0.05, 0.1) is 5.41 Å². The molecule has 2 aliphatic carbocycles. The van der Waals surface area contributed by atoms with E-state index in [-0.39, 0.29) is 17.7 Å². The van der Waals surface area contributed by atoms with Crippen LogP contribution >= 0.6 is 0 Å². The first-order valence-electron chi connectivity index (χ1n) is 6.96. The molecule has 0 aliphatic heterocycles. The summed E-state index contributed by atoms with van der Waals surface area (Å²) in [4.78, 5) is 21.5. The van der Waals surface area contributed by atoms with Crippen LogP contribution in [-0.4, -0.2) is 32.3 Å². The van der Waals surface area contributed by atoms with Gasteiger partial charge < -0.3 is 15.9 Å². The number of nitrogens with zero attached hydrogens (tertiary/aromatic N) is 1. The van der Waals surface area contributed by atoms with Crippen LogP contribution < -0.4 is 5.73 Å². The number of nitrogens with one attached hydrogen (secondary N) is 1. The van der Waals surface area contributed by atoms with E-state index in [1.807, 2.05) is 6.20 Å². The molecule has 0 aromatic carbocycles. The molecule has 2 aliphatic rings. The lowest BCUT2D eigenvalue weighted by molar-refractivity contribution is -0.145. The molecule has 1 heterocycles. The minimum atomic E-state index is -1.22. The van der Waals surface area contributed by atoms with Crippen molar-refractivity contribution in [3.05, 3.63) is 41.4 Å². The van der Waals surface area contributed by atoms with Gasteiger partial charge in [0, 0.05) is 29.1 Å². The molecule has 1 unspecified atom stereocenters. The van der Waals surface area contributed by atoms with Gasteiger partial charge in [-0.05, 0) is 44.4 Å². The van der Waals surface area contributed by atoms with Crippen LogP contribution in [0.4, 0.5) is 0 Å². The van der Waals surface area contributed by atoms with Crippen molar-refractivity contribution in [3.63, 3.8) is 0 Å². The lowest BCUT2D eigenvalue weighted by atomic mass is 9.79. The second kappa shape index (κ2) is 6.05. The summed E-state index contributed by atoms with van der Waals surface area (Å²) in [5.41, 5.74) is 5.73. The Bertz CT molecular complexity index is 629. The van der Waals surface area contributed by atoms with Crippen LogP contribution in [-0.2, 0) is 9.59 Å². The first-order valence-corrected chi connectivity index (χ1v) is 6.96. The lowest BCUT2D eigenvalue weighted by Crippen LogP contribution is -2.30. The number of carbonyl (C=O) groups is 2.